The third kappa shape index (κ3) is 1.91. The minimum atomic E-state index is -0.110. The second-order valence-corrected chi connectivity index (χ2v) is 5.77. The van der Waals surface area contributed by atoms with Crippen LogP contribution in [-0.4, -0.2) is 19.5 Å². The lowest BCUT2D eigenvalue weighted by atomic mass is 10.1. The van der Waals surface area contributed by atoms with E-state index >= 15 is 0 Å². The molecule has 0 saturated carbocycles. The second-order valence-electron chi connectivity index (χ2n) is 5.77. The van der Waals surface area contributed by atoms with E-state index < -0.39 is 0 Å². The molecule has 0 spiro atoms. The Hall–Kier alpha value is -2.43. The highest BCUT2D eigenvalue weighted by atomic mass is 15.1. The molecule has 2 N–H and O–H groups in total. The number of pyridine rings is 2. The molecule has 0 amide bonds. The van der Waals surface area contributed by atoms with Gasteiger partial charge in [0.2, 0.25) is 0 Å². The van der Waals surface area contributed by atoms with Crippen LogP contribution in [0.4, 0.5) is 5.69 Å². The van der Waals surface area contributed by atoms with Crippen LogP contribution in [-0.2, 0) is 5.54 Å². The third-order valence-corrected chi connectivity index (χ3v) is 3.22. The van der Waals surface area contributed by atoms with Gasteiger partial charge in [-0.2, -0.15) is 0 Å². The minimum absolute atomic E-state index is 0.110. The van der Waals surface area contributed by atoms with Gasteiger partial charge in [-0.25, -0.2) is 4.98 Å². The minimum Gasteiger partial charge on any atom is -0.397 e. The number of nitrogens with zero attached hydrogens (tertiary/aromatic N) is 4. The second kappa shape index (κ2) is 4.30. The predicted molar refractivity (Wildman–Crippen MR) is 80.2 cm³/mol. The summed E-state index contributed by atoms with van der Waals surface area (Å²) < 4.78 is 2.19. The molecule has 3 aromatic rings. The summed E-state index contributed by atoms with van der Waals surface area (Å²) in [5.41, 5.74) is 9.39. The Kier molecular flexibility index (Phi) is 2.71. The zero-order chi connectivity index (χ0) is 14.3. The first kappa shape index (κ1) is 12.6. The number of nitrogens with two attached hydrogens (primary N) is 1. The number of hydrogen-bond acceptors (Lipinski definition) is 4. The van der Waals surface area contributed by atoms with Crippen LogP contribution >= 0.6 is 0 Å². The van der Waals surface area contributed by atoms with Crippen molar-refractivity contribution in [2.45, 2.75) is 26.3 Å². The van der Waals surface area contributed by atoms with Crippen molar-refractivity contribution in [2.75, 3.05) is 5.73 Å². The lowest BCUT2D eigenvalue weighted by Gasteiger charge is -2.25. The fraction of sp³-hybridized carbons (Fsp3) is 0.267. The van der Waals surface area contributed by atoms with Crippen LogP contribution in [0.25, 0.3) is 22.4 Å². The van der Waals surface area contributed by atoms with E-state index in [0.29, 0.717) is 5.69 Å². The van der Waals surface area contributed by atoms with Gasteiger partial charge in [-0.05, 0) is 32.9 Å². The van der Waals surface area contributed by atoms with Crippen molar-refractivity contribution in [3.63, 3.8) is 0 Å². The number of nitrogen functional groups attached to an aromatic ring is 1. The number of fused-ring (bicyclic) bond motifs is 1. The molecule has 0 aliphatic carbocycles. The van der Waals surface area contributed by atoms with Gasteiger partial charge in [0.1, 0.15) is 11.3 Å². The van der Waals surface area contributed by atoms with E-state index in [4.69, 9.17) is 10.7 Å². The van der Waals surface area contributed by atoms with Crippen molar-refractivity contribution in [1.29, 1.82) is 0 Å². The molecule has 0 atom stereocenters. The highest BCUT2D eigenvalue weighted by molar-refractivity contribution is 5.83. The van der Waals surface area contributed by atoms with Crippen molar-refractivity contribution in [3.8, 4) is 11.4 Å². The van der Waals surface area contributed by atoms with E-state index in [9.17, 15) is 0 Å². The molecule has 0 unspecified atom stereocenters. The van der Waals surface area contributed by atoms with Crippen LogP contribution in [0.5, 0.6) is 0 Å². The summed E-state index contributed by atoms with van der Waals surface area (Å²) in [4.78, 5) is 12.9. The van der Waals surface area contributed by atoms with Gasteiger partial charge in [-0.3, -0.25) is 9.97 Å². The number of anilines is 1. The van der Waals surface area contributed by atoms with Gasteiger partial charge in [0.05, 0.1) is 23.6 Å². The van der Waals surface area contributed by atoms with Crippen molar-refractivity contribution in [3.05, 3.63) is 36.9 Å². The highest BCUT2D eigenvalue weighted by Crippen LogP contribution is 2.32. The number of imidazole rings is 1. The quantitative estimate of drug-likeness (QED) is 0.736. The first-order valence-electron chi connectivity index (χ1n) is 6.51. The SMILES string of the molecule is CC(C)(C)n1c(-c2ccncc2N)nc2cnccc21. The molecule has 5 nitrogen and oxygen atoms in total. The van der Waals surface area contributed by atoms with Gasteiger partial charge in [0.15, 0.2) is 0 Å². The molecule has 0 aliphatic heterocycles. The molecular weight excluding hydrogens is 250 g/mol. The maximum Gasteiger partial charge on any atom is 0.143 e. The molecule has 0 saturated heterocycles. The average Bonchev–Trinajstić information content (AvgIpc) is 2.78. The first-order chi connectivity index (χ1) is 9.48. The van der Waals surface area contributed by atoms with Crippen molar-refractivity contribution < 1.29 is 0 Å². The maximum atomic E-state index is 6.06. The smallest absolute Gasteiger partial charge is 0.143 e. The maximum absolute atomic E-state index is 6.06. The fourth-order valence-electron chi connectivity index (χ4n) is 2.40. The molecule has 3 heterocycles. The molecule has 102 valence electrons. The summed E-state index contributed by atoms with van der Waals surface area (Å²) in [7, 11) is 0. The lowest BCUT2D eigenvalue weighted by Crippen LogP contribution is -2.22. The molecule has 0 aromatic carbocycles. The van der Waals surface area contributed by atoms with Gasteiger partial charge in [-0.1, -0.05) is 0 Å². The van der Waals surface area contributed by atoms with Crippen molar-refractivity contribution >= 4 is 16.7 Å². The summed E-state index contributed by atoms with van der Waals surface area (Å²) in [5.74, 6) is 0.848. The molecule has 0 radical (unpaired) electrons. The van der Waals surface area contributed by atoms with E-state index in [-0.39, 0.29) is 5.54 Å². The monoisotopic (exact) mass is 267 g/mol. The Morgan fingerprint density at radius 2 is 1.75 bits per heavy atom. The van der Waals surface area contributed by atoms with Gasteiger partial charge >= 0.3 is 0 Å². The summed E-state index contributed by atoms with van der Waals surface area (Å²) in [6.45, 7) is 6.44. The summed E-state index contributed by atoms with van der Waals surface area (Å²) in [6.07, 6.45) is 6.95. The van der Waals surface area contributed by atoms with E-state index in [1.165, 1.54) is 0 Å². The Bertz CT molecular complexity index is 767. The normalized spacial score (nSPS) is 11.9. The van der Waals surface area contributed by atoms with Crippen LogP contribution in [0.2, 0.25) is 0 Å². The van der Waals surface area contributed by atoms with Gasteiger partial charge < -0.3 is 10.3 Å². The summed E-state index contributed by atoms with van der Waals surface area (Å²) in [5, 5.41) is 0. The van der Waals surface area contributed by atoms with E-state index in [1.807, 2.05) is 12.1 Å². The van der Waals surface area contributed by atoms with E-state index in [0.717, 1.165) is 22.4 Å². The van der Waals surface area contributed by atoms with Crippen molar-refractivity contribution in [1.82, 2.24) is 19.5 Å². The number of aromatic nitrogens is 4. The standard InChI is InChI=1S/C15H17N5/c1-15(2,3)20-13-5-7-18-9-12(13)19-14(20)10-4-6-17-8-11(10)16/h4-9H,16H2,1-3H3. The zero-order valence-corrected chi connectivity index (χ0v) is 11.8. The fourth-order valence-corrected chi connectivity index (χ4v) is 2.40. The Morgan fingerprint density at radius 3 is 2.45 bits per heavy atom. The molecule has 0 aliphatic rings. The van der Waals surface area contributed by atoms with E-state index in [2.05, 4.69) is 35.3 Å². The molecule has 3 rings (SSSR count). The molecule has 0 fully saturated rings. The number of hydrogen-bond donors (Lipinski definition) is 1. The topological polar surface area (TPSA) is 69.6 Å². The Balaban J connectivity index is 2.39. The number of rotatable bonds is 1. The third-order valence-electron chi connectivity index (χ3n) is 3.22. The summed E-state index contributed by atoms with van der Waals surface area (Å²) in [6, 6.07) is 3.88. The Morgan fingerprint density at radius 1 is 1.05 bits per heavy atom. The van der Waals surface area contributed by atoms with Crippen LogP contribution in [0.3, 0.4) is 0 Å². The molecule has 0 bridgehead atoms. The predicted octanol–water partition coefficient (Wildman–Crippen LogP) is 2.83. The average molecular weight is 267 g/mol. The largest absolute Gasteiger partial charge is 0.397 e. The van der Waals surface area contributed by atoms with E-state index in [1.54, 1.807) is 24.8 Å². The highest BCUT2D eigenvalue weighted by Gasteiger charge is 2.23. The Labute approximate surface area is 117 Å². The van der Waals surface area contributed by atoms with Gasteiger partial charge in [0, 0.05) is 23.5 Å². The van der Waals surface area contributed by atoms with Crippen molar-refractivity contribution in [2.24, 2.45) is 0 Å². The van der Waals surface area contributed by atoms with Crippen LogP contribution in [0.1, 0.15) is 20.8 Å². The van der Waals surface area contributed by atoms with Crippen LogP contribution in [0, 0.1) is 0 Å². The zero-order valence-electron chi connectivity index (χ0n) is 11.8. The van der Waals surface area contributed by atoms with Gasteiger partial charge in [0.25, 0.3) is 0 Å². The van der Waals surface area contributed by atoms with Crippen LogP contribution < -0.4 is 5.73 Å². The summed E-state index contributed by atoms with van der Waals surface area (Å²) >= 11 is 0. The molecule has 3 aromatic heterocycles. The molecule has 20 heavy (non-hydrogen) atoms. The first-order valence-corrected chi connectivity index (χ1v) is 6.51. The molecule has 5 heteroatoms. The molecular formula is C15H17N5. The van der Waals surface area contributed by atoms with Crippen LogP contribution in [0.15, 0.2) is 36.9 Å². The van der Waals surface area contributed by atoms with Gasteiger partial charge in [-0.15, -0.1) is 0 Å². The lowest BCUT2D eigenvalue weighted by molar-refractivity contribution is 0.413.